The SMILES string of the molecule is C[N+](C)(C)CCCCCCCCC(F)(F)C(F)(F)C(F)(F)C(F)(F)C(F)(F)C(F)(F)F. The summed E-state index contributed by atoms with van der Waals surface area (Å²) in [6.45, 7) is 0.788. The number of halogens is 13. The molecule has 0 fully saturated rings. The maximum atomic E-state index is 13.6. The summed E-state index contributed by atoms with van der Waals surface area (Å²) in [5, 5.41) is 0. The minimum absolute atomic E-state index is 0.184. The van der Waals surface area contributed by atoms with E-state index in [2.05, 4.69) is 0 Å². The maximum Gasteiger partial charge on any atom is 0.460 e. The van der Waals surface area contributed by atoms with Gasteiger partial charge in [-0.3, -0.25) is 0 Å². The molecular weight excluding hydrogens is 465 g/mol. The molecule has 0 spiro atoms. The van der Waals surface area contributed by atoms with Gasteiger partial charge in [0.15, 0.2) is 0 Å². The summed E-state index contributed by atoms with van der Waals surface area (Å²) in [6, 6.07) is 0. The van der Waals surface area contributed by atoms with E-state index in [9.17, 15) is 57.1 Å². The van der Waals surface area contributed by atoms with Crippen molar-refractivity contribution in [2.45, 2.75) is 80.7 Å². The van der Waals surface area contributed by atoms with Gasteiger partial charge in [-0.25, -0.2) is 0 Å². The van der Waals surface area contributed by atoms with Crippen molar-refractivity contribution < 1.29 is 61.6 Å². The predicted molar refractivity (Wildman–Crippen MR) is 86.0 cm³/mol. The van der Waals surface area contributed by atoms with Gasteiger partial charge in [-0.2, -0.15) is 57.1 Å². The van der Waals surface area contributed by atoms with Crippen molar-refractivity contribution in [1.29, 1.82) is 0 Å². The molecule has 31 heavy (non-hydrogen) atoms. The molecule has 188 valence electrons. The Bertz CT molecular complexity index is 561. The van der Waals surface area contributed by atoms with Crippen molar-refractivity contribution in [3.63, 3.8) is 0 Å². The lowest BCUT2D eigenvalue weighted by Gasteiger charge is -2.39. The fourth-order valence-corrected chi connectivity index (χ4v) is 2.60. The Morgan fingerprint density at radius 1 is 0.452 bits per heavy atom. The molecule has 1 nitrogen and oxygen atoms in total. The molecular formula is C17H25F13N+. The minimum atomic E-state index is -7.82. The van der Waals surface area contributed by atoms with Crippen LogP contribution >= 0.6 is 0 Å². The second kappa shape index (κ2) is 9.50. The molecule has 0 bridgehead atoms. The molecule has 0 saturated carbocycles. The average Bonchev–Trinajstić information content (AvgIpc) is 2.54. The summed E-state index contributed by atoms with van der Waals surface area (Å²) in [7, 11) is 5.77. The number of alkyl halides is 13. The first kappa shape index (κ1) is 30.0. The van der Waals surface area contributed by atoms with E-state index in [1.54, 1.807) is 0 Å². The number of unbranched alkanes of at least 4 members (excludes halogenated alkanes) is 5. The van der Waals surface area contributed by atoms with Gasteiger partial charge < -0.3 is 4.48 Å². The van der Waals surface area contributed by atoms with E-state index in [1.807, 2.05) is 21.1 Å². The largest absolute Gasteiger partial charge is 0.460 e. The van der Waals surface area contributed by atoms with E-state index in [0.717, 1.165) is 13.0 Å². The molecule has 0 saturated heterocycles. The fourth-order valence-electron chi connectivity index (χ4n) is 2.60. The summed E-state index contributed by atoms with van der Waals surface area (Å²) >= 11 is 0. The van der Waals surface area contributed by atoms with Crippen molar-refractivity contribution in [3.8, 4) is 0 Å². The molecule has 0 atom stereocenters. The van der Waals surface area contributed by atoms with Crippen LogP contribution in [0.3, 0.4) is 0 Å². The van der Waals surface area contributed by atoms with Crippen LogP contribution in [0.5, 0.6) is 0 Å². The number of hydrogen-bond donors (Lipinski definition) is 0. The van der Waals surface area contributed by atoms with E-state index in [0.29, 0.717) is 17.3 Å². The summed E-state index contributed by atoms with van der Waals surface area (Å²) in [5.41, 5.74) is 0. The maximum absolute atomic E-state index is 13.6. The van der Waals surface area contributed by atoms with Gasteiger partial charge in [-0.05, 0) is 19.3 Å². The number of nitrogens with zero attached hydrogens (tertiary/aromatic N) is 1. The van der Waals surface area contributed by atoms with E-state index in [-0.39, 0.29) is 12.8 Å². The Labute approximate surface area is 171 Å². The van der Waals surface area contributed by atoms with Crippen LogP contribution < -0.4 is 0 Å². The van der Waals surface area contributed by atoms with E-state index in [1.165, 1.54) is 0 Å². The molecule has 0 aromatic rings. The highest BCUT2D eigenvalue weighted by atomic mass is 19.4. The third kappa shape index (κ3) is 6.53. The number of hydrogen-bond acceptors (Lipinski definition) is 0. The zero-order valence-electron chi connectivity index (χ0n) is 17.0. The molecule has 0 aliphatic rings. The molecule has 0 aromatic heterocycles. The first-order valence-corrected chi connectivity index (χ1v) is 9.22. The van der Waals surface area contributed by atoms with Crippen LogP contribution in [0.4, 0.5) is 57.1 Å². The fraction of sp³-hybridized carbons (Fsp3) is 1.00. The molecule has 0 aliphatic heterocycles. The van der Waals surface area contributed by atoms with Gasteiger partial charge in [0.25, 0.3) is 0 Å². The Morgan fingerprint density at radius 3 is 1.19 bits per heavy atom. The third-order valence-corrected chi connectivity index (χ3v) is 4.57. The van der Waals surface area contributed by atoms with Crippen LogP contribution in [0.1, 0.15) is 44.9 Å². The predicted octanol–water partition coefficient (Wildman–Crippen LogP) is 7.16. The Morgan fingerprint density at radius 2 is 0.806 bits per heavy atom. The highest BCUT2D eigenvalue weighted by molar-refractivity contribution is 5.10. The molecule has 0 unspecified atom stereocenters. The van der Waals surface area contributed by atoms with Gasteiger partial charge in [-0.15, -0.1) is 0 Å². The summed E-state index contributed by atoms with van der Waals surface area (Å²) < 4.78 is 169. The van der Waals surface area contributed by atoms with Gasteiger partial charge in [-0.1, -0.05) is 19.3 Å². The van der Waals surface area contributed by atoms with E-state index < -0.39 is 48.6 Å². The van der Waals surface area contributed by atoms with E-state index >= 15 is 0 Å². The van der Waals surface area contributed by atoms with Crippen LogP contribution in [0.25, 0.3) is 0 Å². The summed E-state index contributed by atoms with van der Waals surface area (Å²) in [6.07, 6.45) is -8.40. The van der Waals surface area contributed by atoms with Crippen molar-refractivity contribution in [2.24, 2.45) is 0 Å². The Balaban J connectivity index is 5.06. The Kier molecular flexibility index (Phi) is 9.21. The molecule has 14 heteroatoms. The zero-order chi connectivity index (χ0) is 25.2. The second-order valence-electron chi connectivity index (χ2n) is 8.39. The normalized spacial score (nSPS) is 15.5. The molecule has 0 aromatic carbocycles. The second-order valence-corrected chi connectivity index (χ2v) is 8.39. The molecule has 0 amide bonds. The zero-order valence-corrected chi connectivity index (χ0v) is 17.0. The lowest BCUT2D eigenvalue weighted by Crippen LogP contribution is -2.70. The van der Waals surface area contributed by atoms with Crippen molar-refractivity contribution in [2.75, 3.05) is 27.7 Å². The van der Waals surface area contributed by atoms with Crippen molar-refractivity contribution in [3.05, 3.63) is 0 Å². The highest BCUT2D eigenvalue weighted by Gasteiger charge is 2.90. The minimum Gasteiger partial charge on any atom is -0.331 e. The van der Waals surface area contributed by atoms with E-state index in [4.69, 9.17) is 0 Å². The number of rotatable bonds is 13. The first-order chi connectivity index (χ1) is 13.5. The van der Waals surface area contributed by atoms with Crippen LogP contribution in [-0.4, -0.2) is 68.0 Å². The van der Waals surface area contributed by atoms with Gasteiger partial charge in [0, 0.05) is 6.42 Å². The van der Waals surface area contributed by atoms with Crippen LogP contribution in [0.2, 0.25) is 0 Å². The highest BCUT2D eigenvalue weighted by Crippen LogP contribution is 2.60. The monoisotopic (exact) mass is 490 g/mol. The quantitative estimate of drug-likeness (QED) is 0.146. The molecule has 0 radical (unpaired) electrons. The van der Waals surface area contributed by atoms with Crippen LogP contribution in [0, 0.1) is 0 Å². The third-order valence-electron chi connectivity index (χ3n) is 4.57. The lowest BCUT2D eigenvalue weighted by atomic mass is 9.91. The number of quaternary nitrogens is 1. The summed E-state index contributed by atoms with van der Waals surface area (Å²) in [5.74, 6) is -36.3. The first-order valence-electron chi connectivity index (χ1n) is 9.22. The van der Waals surface area contributed by atoms with Crippen molar-refractivity contribution in [1.82, 2.24) is 0 Å². The van der Waals surface area contributed by atoms with Gasteiger partial charge in [0.1, 0.15) is 0 Å². The molecule has 0 N–H and O–H groups in total. The molecule has 0 heterocycles. The molecule has 0 aliphatic carbocycles. The smallest absolute Gasteiger partial charge is 0.331 e. The van der Waals surface area contributed by atoms with Gasteiger partial charge in [0.05, 0.1) is 27.7 Å². The lowest BCUT2D eigenvalue weighted by molar-refractivity contribution is -0.870. The Hall–Kier alpha value is -0.950. The standard InChI is InChI=1S/C17H25F13N/c1-31(2,3)11-9-7-5-4-6-8-10-12(18,19)13(20,21)14(22,23)15(24,25)16(26,27)17(28,29)30/h4-11H2,1-3H3/q+1. The average molecular weight is 490 g/mol. The molecule has 0 rings (SSSR count). The topological polar surface area (TPSA) is 0 Å². The van der Waals surface area contributed by atoms with Crippen LogP contribution in [0.15, 0.2) is 0 Å². The van der Waals surface area contributed by atoms with Gasteiger partial charge in [0.2, 0.25) is 0 Å². The summed E-state index contributed by atoms with van der Waals surface area (Å²) in [4.78, 5) is 0. The van der Waals surface area contributed by atoms with Gasteiger partial charge >= 0.3 is 35.8 Å². The van der Waals surface area contributed by atoms with Crippen molar-refractivity contribution >= 4 is 0 Å². The van der Waals surface area contributed by atoms with Crippen LogP contribution in [-0.2, 0) is 0 Å².